The highest BCUT2D eigenvalue weighted by atomic mass is 19.1. The Kier molecular flexibility index (Phi) is 4.22. The molecule has 0 bridgehead atoms. The Balaban J connectivity index is 1.81. The van der Waals surface area contributed by atoms with Crippen LogP contribution in [0.2, 0.25) is 0 Å². The van der Waals surface area contributed by atoms with E-state index < -0.39 is 0 Å². The molecule has 1 aromatic carbocycles. The van der Waals surface area contributed by atoms with Crippen molar-refractivity contribution in [1.29, 1.82) is 0 Å². The Morgan fingerprint density at radius 3 is 2.71 bits per heavy atom. The fraction of sp³-hybridized carbons (Fsp3) is 0.562. The van der Waals surface area contributed by atoms with Crippen molar-refractivity contribution in [2.45, 2.75) is 25.8 Å². The Morgan fingerprint density at radius 1 is 1.24 bits per heavy atom. The van der Waals surface area contributed by atoms with Crippen LogP contribution in [0.4, 0.5) is 10.1 Å². The number of hydrogen-bond acceptors (Lipinski definition) is 3. The van der Waals surface area contributed by atoms with E-state index >= 15 is 0 Å². The predicted molar refractivity (Wildman–Crippen MR) is 81.0 cm³/mol. The first-order valence-electron chi connectivity index (χ1n) is 7.69. The predicted octanol–water partition coefficient (Wildman–Crippen LogP) is 1.53. The minimum atomic E-state index is -0.251. The van der Waals surface area contributed by atoms with Gasteiger partial charge in [-0.3, -0.25) is 9.69 Å². The van der Waals surface area contributed by atoms with Gasteiger partial charge in [0.2, 0.25) is 5.91 Å². The Hall–Kier alpha value is -1.46. The van der Waals surface area contributed by atoms with Crippen molar-refractivity contribution in [2.75, 3.05) is 37.6 Å². The molecule has 0 radical (unpaired) electrons. The summed E-state index contributed by atoms with van der Waals surface area (Å²) in [6.45, 7) is 6.33. The maximum absolute atomic E-state index is 13.3. The summed E-state index contributed by atoms with van der Waals surface area (Å²) in [5.41, 5.74) is 1.67. The summed E-state index contributed by atoms with van der Waals surface area (Å²) in [5, 5.41) is 3.32. The van der Waals surface area contributed by atoms with E-state index in [1.165, 1.54) is 12.1 Å². The molecule has 2 aliphatic heterocycles. The second-order valence-electron chi connectivity index (χ2n) is 5.86. The molecule has 1 unspecified atom stereocenters. The smallest absolute Gasteiger partial charge is 0.244 e. The zero-order valence-electron chi connectivity index (χ0n) is 12.4. The van der Waals surface area contributed by atoms with E-state index in [0.29, 0.717) is 0 Å². The van der Waals surface area contributed by atoms with Crippen LogP contribution in [0.1, 0.15) is 18.4 Å². The van der Waals surface area contributed by atoms with Gasteiger partial charge >= 0.3 is 0 Å². The summed E-state index contributed by atoms with van der Waals surface area (Å²) in [4.78, 5) is 17.0. The number of carbonyl (C=O) groups excluding carboxylic acids is 1. The van der Waals surface area contributed by atoms with Gasteiger partial charge in [-0.15, -0.1) is 0 Å². The standard InChI is InChI=1S/C16H22FN3O/c1-12-11-13(17)4-5-14(12)20-8-2-3-15(16(20)21)19-9-6-18-7-10-19/h4-5,11,15,18H,2-3,6-10H2,1H3. The summed E-state index contributed by atoms with van der Waals surface area (Å²) in [6, 6.07) is 4.63. The molecule has 1 aromatic rings. The molecule has 0 spiro atoms. The number of benzene rings is 1. The monoisotopic (exact) mass is 291 g/mol. The van der Waals surface area contributed by atoms with Gasteiger partial charge in [-0.2, -0.15) is 0 Å². The minimum Gasteiger partial charge on any atom is -0.314 e. The van der Waals surface area contributed by atoms with E-state index in [9.17, 15) is 9.18 Å². The van der Waals surface area contributed by atoms with Crippen molar-refractivity contribution >= 4 is 11.6 Å². The van der Waals surface area contributed by atoms with Gasteiger partial charge in [0.25, 0.3) is 0 Å². The summed E-state index contributed by atoms with van der Waals surface area (Å²) in [6.07, 6.45) is 1.92. The van der Waals surface area contributed by atoms with Gasteiger partial charge in [0.05, 0.1) is 6.04 Å². The average molecular weight is 291 g/mol. The summed E-state index contributed by atoms with van der Waals surface area (Å²) in [5.74, 6) is -0.0859. The van der Waals surface area contributed by atoms with E-state index in [1.54, 1.807) is 6.07 Å². The summed E-state index contributed by atoms with van der Waals surface area (Å²) >= 11 is 0. The molecule has 4 nitrogen and oxygen atoms in total. The second-order valence-corrected chi connectivity index (χ2v) is 5.86. The third kappa shape index (κ3) is 2.94. The van der Waals surface area contributed by atoms with Crippen LogP contribution in [0, 0.1) is 12.7 Å². The van der Waals surface area contributed by atoms with Crippen LogP contribution in [-0.4, -0.2) is 49.6 Å². The van der Waals surface area contributed by atoms with Crippen molar-refractivity contribution in [2.24, 2.45) is 0 Å². The molecule has 2 heterocycles. The number of nitrogens with zero attached hydrogens (tertiary/aromatic N) is 2. The molecule has 0 aromatic heterocycles. The van der Waals surface area contributed by atoms with Gasteiger partial charge < -0.3 is 10.2 Å². The number of halogens is 1. The largest absolute Gasteiger partial charge is 0.314 e. The summed E-state index contributed by atoms with van der Waals surface area (Å²) < 4.78 is 13.3. The quantitative estimate of drug-likeness (QED) is 0.898. The first-order chi connectivity index (χ1) is 10.2. The van der Waals surface area contributed by atoms with Gasteiger partial charge in [-0.1, -0.05) is 0 Å². The van der Waals surface area contributed by atoms with Crippen molar-refractivity contribution in [3.63, 3.8) is 0 Å². The number of anilines is 1. The molecule has 1 N–H and O–H groups in total. The molecule has 1 amide bonds. The van der Waals surface area contributed by atoms with Crippen LogP contribution in [0.25, 0.3) is 0 Å². The fourth-order valence-corrected chi connectivity index (χ4v) is 3.35. The molecule has 0 aliphatic carbocycles. The molecule has 3 rings (SSSR count). The molecule has 2 aliphatic rings. The number of nitrogens with one attached hydrogen (secondary N) is 1. The third-order valence-electron chi connectivity index (χ3n) is 4.45. The molecule has 0 saturated carbocycles. The molecule has 2 saturated heterocycles. The topological polar surface area (TPSA) is 35.6 Å². The Bertz CT molecular complexity index is 528. The van der Waals surface area contributed by atoms with E-state index in [1.807, 2.05) is 11.8 Å². The number of rotatable bonds is 2. The summed E-state index contributed by atoms with van der Waals surface area (Å²) in [7, 11) is 0. The van der Waals surface area contributed by atoms with Crippen molar-refractivity contribution in [3.8, 4) is 0 Å². The number of carbonyl (C=O) groups is 1. The van der Waals surface area contributed by atoms with Gasteiger partial charge in [0.1, 0.15) is 5.82 Å². The van der Waals surface area contributed by atoms with Crippen LogP contribution in [0.15, 0.2) is 18.2 Å². The van der Waals surface area contributed by atoms with Crippen molar-refractivity contribution in [3.05, 3.63) is 29.6 Å². The number of piperidine rings is 1. The van der Waals surface area contributed by atoms with Crippen LogP contribution in [0.5, 0.6) is 0 Å². The highest BCUT2D eigenvalue weighted by Gasteiger charge is 2.34. The zero-order valence-corrected chi connectivity index (χ0v) is 12.4. The van der Waals surface area contributed by atoms with E-state index in [4.69, 9.17) is 0 Å². The minimum absolute atomic E-state index is 0.0229. The number of aryl methyl sites for hydroxylation is 1. The number of amides is 1. The number of hydrogen-bond donors (Lipinski definition) is 1. The third-order valence-corrected chi connectivity index (χ3v) is 4.45. The Labute approximate surface area is 124 Å². The van der Waals surface area contributed by atoms with Crippen LogP contribution < -0.4 is 10.2 Å². The molecule has 5 heteroatoms. The SMILES string of the molecule is Cc1cc(F)ccc1N1CCCC(N2CCNCC2)C1=O. The van der Waals surface area contributed by atoms with Gasteiger partial charge in [0, 0.05) is 38.4 Å². The fourth-order valence-electron chi connectivity index (χ4n) is 3.35. The lowest BCUT2D eigenvalue weighted by atomic mass is 10.0. The van der Waals surface area contributed by atoms with Crippen LogP contribution >= 0.6 is 0 Å². The first-order valence-corrected chi connectivity index (χ1v) is 7.69. The van der Waals surface area contributed by atoms with Gasteiger partial charge in [-0.25, -0.2) is 4.39 Å². The highest BCUT2D eigenvalue weighted by Crippen LogP contribution is 2.27. The van der Waals surface area contributed by atoms with Gasteiger partial charge in [-0.05, 0) is 43.5 Å². The highest BCUT2D eigenvalue weighted by molar-refractivity contribution is 5.98. The van der Waals surface area contributed by atoms with Crippen molar-refractivity contribution in [1.82, 2.24) is 10.2 Å². The van der Waals surface area contributed by atoms with Gasteiger partial charge in [0.15, 0.2) is 0 Å². The number of piperazine rings is 1. The zero-order chi connectivity index (χ0) is 14.8. The maximum atomic E-state index is 13.3. The Morgan fingerprint density at radius 2 is 2.00 bits per heavy atom. The van der Waals surface area contributed by atoms with E-state index in [2.05, 4.69) is 10.2 Å². The maximum Gasteiger partial charge on any atom is 0.244 e. The molecule has 1 atom stereocenters. The lowest BCUT2D eigenvalue weighted by molar-refractivity contribution is -0.125. The lowest BCUT2D eigenvalue weighted by Crippen LogP contribution is -2.57. The molecular formula is C16H22FN3O. The van der Waals surface area contributed by atoms with E-state index in [0.717, 1.165) is 56.8 Å². The molecule has 21 heavy (non-hydrogen) atoms. The molecular weight excluding hydrogens is 269 g/mol. The van der Waals surface area contributed by atoms with E-state index in [-0.39, 0.29) is 17.8 Å². The molecule has 114 valence electrons. The first kappa shape index (κ1) is 14.5. The normalized spacial score (nSPS) is 24.4. The van der Waals surface area contributed by atoms with Crippen molar-refractivity contribution < 1.29 is 9.18 Å². The lowest BCUT2D eigenvalue weighted by Gasteiger charge is -2.40. The second kappa shape index (κ2) is 6.12. The van der Waals surface area contributed by atoms with Crippen LogP contribution in [0.3, 0.4) is 0 Å². The average Bonchev–Trinajstić information content (AvgIpc) is 2.49. The molecule has 2 fully saturated rings. The van der Waals surface area contributed by atoms with Crippen LogP contribution in [-0.2, 0) is 4.79 Å².